The maximum atomic E-state index is 14.0. The third-order valence-electron chi connectivity index (χ3n) is 27.3. The fraction of sp³-hybridized carbons (Fsp3) is 0.339. The lowest BCUT2D eigenvalue weighted by atomic mass is 10.00. The Labute approximate surface area is 859 Å². The SMILES string of the molecule is CCCC(C)N1CCC(N(Cc2ccccc2)C(=O)Nc2ccc3ncccc3c2)CC1.CN(C)c1ccc(CN2CCC(N(Cc3ccccc3)C(=O)Nc3cc(F)cc(C(F)(F)F)c3)CC2)cc1.Cc1cc(CN2CCC(N(Cc3ccccc3)C(=O)Nc3cc(F)cc(C(F)(F)F)c3)CC2)cc(F)c1F.O=C(Nc1cc(F)cc(C(F)(F)F)c1)N(Cc1ccccc1)C1CCN(Cc2cncn2Cc2ccccc2)CC1. The molecule has 4 fully saturated rings. The zero-order chi connectivity index (χ0) is 106. The molecule has 4 saturated heterocycles. The number of fused-ring (bicyclic) bond motifs is 1. The Kier molecular flexibility index (Phi) is 38.6. The molecule has 786 valence electrons. The highest BCUT2D eigenvalue weighted by atomic mass is 19.4. The Morgan fingerprint density at radius 3 is 1.11 bits per heavy atom. The highest BCUT2D eigenvalue weighted by Gasteiger charge is 2.39. The number of piperidine rings is 4. The van der Waals surface area contributed by atoms with E-state index in [2.05, 4.69) is 123 Å². The topological polar surface area (TPSA) is 176 Å². The number of anilines is 5. The second-order valence-electron chi connectivity index (χ2n) is 38.5. The van der Waals surface area contributed by atoms with Crippen LogP contribution in [0.1, 0.15) is 145 Å². The van der Waals surface area contributed by atoms with E-state index in [0.29, 0.717) is 114 Å². The molecule has 8 amide bonds. The number of pyridine rings is 1. The van der Waals surface area contributed by atoms with Crippen LogP contribution >= 0.6 is 0 Å². The number of hydrogen-bond donors (Lipinski definition) is 4. The van der Waals surface area contributed by atoms with E-state index in [-0.39, 0.29) is 65.9 Å². The van der Waals surface area contributed by atoms with Gasteiger partial charge in [-0.15, -0.1) is 0 Å². The minimum absolute atomic E-state index is 0.0304. The zero-order valence-electron chi connectivity index (χ0n) is 83.8. The maximum absolute atomic E-state index is 14.0. The first-order valence-corrected chi connectivity index (χ1v) is 50.1. The summed E-state index contributed by atoms with van der Waals surface area (Å²) in [5.41, 5.74) is 6.80. The number of halogens is 14. The number of hydrogen-bond acceptors (Lipinski definition) is 11. The summed E-state index contributed by atoms with van der Waals surface area (Å²) >= 11 is 0. The molecule has 11 aromatic carbocycles. The minimum Gasteiger partial charge on any atom is -0.378 e. The lowest BCUT2D eigenvalue weighted by molar-refractivity contribution is -0.138. The molecule has 1 unspecified atom stereocenters. The Morgan fingerprint density at radius 1 is 0.383 bits per heavy atom. The van der Waals surface area contributed by atoms with Crippen LogP contribution in [0.4, 0.5) is 109 Å². The molecule has 0 bridgehead atoms. The molecule has 2 aromatic heterocycles. The molecule has 0 radical (unpaired) electrons. The molecule has 0 aliphatic carbocycles. The first kappa shape index (κ1) is 110. The summed E-state index contributed by atoms with van der Waals surface area (Å²) in [5.74, 6) is -4.99. The predicted octanol–water partition coefficient (Wildman–Crippen LogP) is 26.4. The number of likely N-dealkylation sites (tertiary alicyclic amines) is 4. The van der Waals surface area contributed by atoms with Crippen LogP contribution in [0.2, 0.25) is 0 Å². The maximum Gasteiger partial charge on any atom is 0.416 e. The summed E-state index contributed by atoms with van der Waals surface area (Å²) in [7, 11) is 4.00. The van der Waals surface area contributed by atoms with E-state index < -0.39 is 82.4 Å². The van der Waals surface area contributed by atoms with Crippen molar-refractivity contribution in [3.8, 4) is 0 Å². The van der Waals surface area contributed by atoms with Crippen molar-refractivity contribution in [1.82, 2.24) is 53.7 Å². The van der Waals surface area contributed by atoms with Gasteiger partial charge in [-0.1, -0.05) is 189 Å². The van der Waals surface area contributed by atoms with Gasteiger partial charge in [-0.05, 0) is 213 Å². The van der Waals surface area contributed by atoms with Crippen molar-refractivity contribution >= 4 is 63.5 Å². The monoisotopic (exact) mass is 2060 g/mol. The average Bonchev–Trinajstić information content (AvgIpc) is 1.70. The van der Waals surface area contributed by atoms with Gasteiger partial charge in [0.15, 0.2) is 11.6 Å². The number of rotatable bonds is 28. The predicted molar refractivity (Wildman–Crippen MR) is 553 cm³/mol. The number of carbonyl (C=O) groups excluding carboxylic acids is 4. The lowest BCUT2D eigenvalue weighted by Crippen LogP contribution is -2.50. The number of nitrogens with one attached hydrogen (secondary N) is 4. The summed E-state index contributed by atoms with van der Waals surface area (Å²) < 4.78 is 190. The number of alkyl halides is 9. The summed E-state index contributed by atoms with van der Waals surface area (Å²) in [4.78, 5) is 80.5. The first-order chi connectivity index (χ1) is 71.4. The van der Waals surface area contributed by atoms with E-state index in [1.165, 1.54) is 37.0 Å². The fourth-order valence-corrected chi connectivity index (χ4v) is 19.3. The summed E-state index contributed by atoms with van der Waals surface area (Å²) in [6.45, 7) is 16.4. The molecule has 17 rings (SSSR count). The number of nitrogens with zero attached hydrogens (tertiary/aromatic N) is 12. The van der Waals surface area contributed by atoms with Crippen LogP contribution in [0.5, 0.6) is 0 Å². The molecule has 0 spiro atoms. The van der Waals surface area contributed by atoms with Gasteiger partial charge in [-0.3, -0.25) is 19.7 Å². The van der Waals surface area contributed by atoms with Gasteiger partial charge < -0.3 is 55.2 Å². The number of aromatic nitrogens is 3. The third kappa shape index (κ3) is 32.6. The number of carbonyl (C=O) groups is 4. The number of amides is 8. The summed E-state index contributed by atoms with van der Waals surface area (Å²) in [6, 6.07) is 74.1. The first-order valence-electron chi connectivity index (χ1n) is 50.1. The molecule has 34 heteroatoms. The molecule has 0 saturated carbocycles. The van der Waals surface area contributed by atoms with Gasteiger partial charge in [-0.25, -0.2) is 46.1 Å². The van der Waals surface area contributed by atoms with Crippen molar-refractivity contribution in [2.75, 3.05) is 92.6 Å². The molecule has 1 atom stereocenters. The smallest absolute Gasteiger partial charge is 0.378 e. The van der Waals surface area contributed by atoms with Crippen molar-refractivity contribution in [3.63, 3.8) is 0 Å². The van der Waals surface area contributed by atoms with Gasteiger partial charge in [0, 0.05) is 195 Å². The second kappa shape index (κ2) is 52.1. The van der Waals surface area contributed by atoms with Crippen molar-refractivity contribution in [2.45, 2.75) is 186 Å². The molecule has 20 nitrogen and oxygen atoms in total. The van der Waals surface area contributed by atoms with Crippen molar-refractivity contribution in [1.29, 1.82) is 0 Å². The fourth-order valence-electron chi connectivity index (χ4n) is 19.3. The van der Waals surface area contributed by atoms with Gasteiger partial charge >= 0.3 is 42.7 Å². The number of urea groups is 4. The van der Waals surface area contributed by atoms with E-state index in [9.17, 15) is 80.6 Å². The van der Waals surface area contributed by atoms with E-state index in [0.717, 1.165) is 146 Å². The van der Waals surface area contributed by atoms with E-state index in [4.69, 9.17) is 0 Å². The largest absolute Gasteiger partial charge is 0.416 e. The van der Waals surface area contributed by atoms with Gasteiger partial charge in [0.05, 0.1) is 34.2 Å². The Hall–Kier alpha value is -14.2. The molecule has 4 aliphatic rings. The van der Waals surface area contributed by atoms with Crippen LogP contribution < -0.4 is 26.2 Å². The van der Waals surface area contributed by atoms with Crippen molar-refractivity contribution < 1.29 is 80.6 Å². The number of benzene rings is 11. The van der Waals surface area contributed by atoms with Crippen LogP contribution in [0.25, 0.3) is 10.9 Å². The highest BCUT2D eigenvalue weighted by Crippen LogP contribution is 2.38. The Morgan fingerprint density at radius 2 is 0.738 bits per heavy atom. The molecule has 6 heterocycles. The van der Waals surface area contributed by atoms with Crippen LogP contribution in [0.3, 0.4) is 0 Å². The van der Waals surface area contributed by atoms with Gasteiger partial charge in [0.1, 0.15) is 17.5 Å². The number of aryl methyl sites for hydroxylation is 1. The normalized spacial score (nSPS) is 15.1. The lowest BCUT2D eigenvalue weighted by Gasteiger charge is -2.40. The molecule has 149 heavy (non-hydrogen) atoms. The molecule has 4 aliphatic heterocycles. The zero-order valence-corrected chi connectivity index (χ0v) is 83.8. The minimum atomic E-state index is -4.76. The van der Waals surface area contributed by atoms with Gasteiger partial charge in [0.25, 0.3) is 0 Å². The van der Waals surface area contributed by atoms with E-state index >= 15 is 0 Å². The molecule has 4 N–H and O–H groups in total. The average molecular weight is 2060 g/mol. The summed E-state index contributed by atoms with van der Waals surface area (Å²) in [6.07, 6.45) is -0.337. The molecular weight excluding hydrogens is 1940 g/mol. The van der Waals surface area contributed by atoms with E-state index in [1.54, 1.807) is 27.0 Å². The van der Waals surface area contributed by atoms with Gasteiger partial charge in [0.2, 0.25) is 0 Å². The second-order valence-corrected chi connectivity index (χ2v) is 38.5. The van der Waals surface area contributed by atoms with Crippen molar-refractivity contribution in [2.24, 2.45) is 0 Å². The molecule has 13 aromatic rings. The Bertz CT molecular complexity index is 6460. The standard InChI is InChI=1S/C31H31F4N5O.C29H32F4N4O.C28H27F6N3O.C27H34N4O/c32-26-15-25(31(33,34)35)16-27(17-26)37-30(41)40(20-24-9-5-2-6-10-24)28-11-13-38(14-12-28)21-29-18-36-22-39(29)19-23-7-3-1-4-8-23;1-35(2)26-10-8-22(9-11-26)19-36-14-12-27(13-15-36)37(20-21-6-4-3-5-7-21)28(38)34-25-17-23(29(31,32)33)16-24(30)18-25;1-18-11-20(12-25(30)26(18)31)16-36-9-7-24(8-10-36)37(17-19-5-3-2-4-6-19)27(38)35-23-14-21(28(32,33)34)13-22(29)15-23;1-3-8-21(2)30-17-14-25(15-18-30)31(20-22-9-5-4-6-10-22)27(32)29-24-12-13-26-23(19-24)11-7-16-28-26/h1-10,15-18,22,28H,11-14,19-21H2,(H,37,41);3-11,16-18,27H,12-15,19-20H2,1-2H3,(H,34,38);2-6,11-15,24H,7-10,16-17H2,1H3,(H,35,38);4-7,9-13,16,19,21,25H,3,8,14-15,17-18,20H2,1-2H3,(H,29,32). The Balaban J connectivity index is 0.000000157. The number of imidazole rings is 1. The van der Waals surface area contributed by atoms with E-state index in [1.807, 2.05) is 189 Å². The molecular formula is C115H124F14N16O4. The van der Waals surface area contributed by atoms with Crippen molar-refractivity contribution in [3.05, 3.63) is 388 Å². The third-order valence-corrected chi connectivity index (χ3v) is 27.3. The van der Waals surface area contributed by atoms with Crippen LogP contribution in [0.15, 0.2) is 292 Å². The highest BCUT2D eigenvalue weighted by molar-refractivity contribution is 5.94. The van der Waals surface area contributed by atoms with Crippen LogP contribution in [-0.4, -0.2) is 175 Å². The summed E-state index contributed by atoms with van der Waals surface area (Å²) in [5, 5.41) is 11.6. The van der Waals surface area contributed by atoms with Crippen LogP contribution in [0, 0.1) is 36.0 Å². The quantitative estimate of drug-likeness (QED) is 0.0343. The van der Waals surface area contributed by atoms with Gasteiger partial charge in [-0.2, -0.15) is 39.5 Å². The van der Waals surface area contributed by atoms with Crippen LogP contribution in [-0.2, 0) is 70.9 Å².